The summed E-state index contributed by atoms with van der Waals surface area (Å²) in [5.74, 6) is -0.214. The van der Waals surface area contributed by atoms with Crippen LogP contribution in [0.25, 0.3) is 0 Å². The molecule has 1 saturated carbocycles. The summed E-state index contributed by atoms with van der Waals surface area (Å²) in [5, 5.41) is 8.90. The van der Waals surface area contributed by atoms with Crippen LogP contribution in [0.3, 0.4) is 0 Å². The number of hydrogen-bond acceptors (Lipinski definition) is 4. The zero-order valence-electron chi connectivity index (χ0n) is 10.1. The molecular weight excluding hydrogens is 272 g/mol. The number of nitrogens with zero attached hydrogens (tertiary/aromatic N) is 1. The molecule has 0 spiro atoms. The molecule has 2 rings (SSSR count). The monoisotopic (exact) mass is 290 g/mol. The Hall–Kier alpha value is -0.820. The summed E-state index contributed by atoms with van der Waals surface area (Å²) < 4.78 is 25.9. The van der Waals surface area contributed by atoms with Crippen molar-refractivity contribution in [3.63, 3.8) is 0 Å². The molecule has 102 valence electrons. The van der Waals surface area contributed by atoms with E-state index >= 15 is 0 Å². The molecule has 18 heavy (non-hydrogen) atoms. The molecule has 0 saturated heterocycles. The van der Waals surface area contributed by atoms with Gasteiger partial charge in [0, 0.05) is 0 Å². The molecular formula is C11H18N2O3S2. The molecule has 0 aliphatic heterocycles. The van der Waals surface area contributed by atoms with E-state index in [9.17, 15) is 13.5 Å². The van der Waals surface area contributed by atoms with Crippen molar-refractivity contribution < 1.29 is 13.5 Å². The lowest BCUT2D eigenvalue weighted by atomic mass is 10.0. The lowest BCUT2D eigenvalue weighted by molar-refractivity contribution is 0.455. The number of hydrogen-bond donors (Lipinski definition) is 2. The fourth-order valence-electron chi connectivity index (χ4n) is 2.43. The van der Waals surface area contributed by atoms with Crippen molar-refractivity contribution in [1.29, 1.82) is 0 Å². The van der Waals surface area contributed by atoms with Crippen molar-refractivity contribution in [2.75, 3.05) is 0 Å². The summed E-state index contributed by atoms with van der Waals surface area (Å²) in [6.07, 6.45) is 7.76. The van der Waals surface area contributed by atoms with Crippen molar-refractivity contribution in [3.8, 4) is 5.88 Å². The van der Waals surface area contributed by atoms with Crippen molar-refractivity contribution in [1.82, 2.24) is 8.96 Å². The molecule has 5 nitrogen and oxygen atoms in total. The van der Waals surface area contributed by atoms with Crippen molar-refractivity contribution in [2.45, 2.75) is 50.2 Å². The third-order valence-electron chi connectivity index (χ3n) is 3.42. The first-order valence-electron chi connectivity index (χ1n) is 6.27. The van der Waals surface area contributed by atoms with E-state index in [0.717, 1.165) is 35.9 Å². The highest BCUT2D eigenvalue weighted by atomic mass is 32.2. The Morgan fingerprint density at radius 3 is 2.28 bits per heavy atom. The third-order valence-corrected chi connectivity index (χ3v) is 5.99. The number of aromatic amines is 1. The standard InChI is InChI=1S/C11H18N2O3S2/c14-10-8-13(11(17)12-10)18(15,16)9-6-4-2-1-3-5-7-9/h8-9,14H,1-7H2,(H,12,17). The summed E-state index contributed by atoms with van der Waals surface area (Å²) in [5.41, 5.74) is 0. The van der Waals surface area contributed by atoms with Gasteiger partial charge in [-0.15, -0.1) is 0 Å². The van der Waals surface area contributed by atoms with Gasteiger partial charge in [-0.1, -0.05) is 32.1 Å². The predicted octanol–water partition coefficient (Wildman–Crippen LogP) is 2.54. The van der Waals surface area contributed by atoms with Gasteiger partial charge in [-0.3, -0.25) is 0 Å². The van der Waals surface area contributed by atoms with E-state index in [2.05, 4.69) is 4.98 Å². The van der Waals surface area contributed by atoms with E-state index in [1.165, 1.54) is 6.42 Å². The van der Waals surface area contributed by atoms with Crippen LogP contribution in [0.1, 0.15) is 44.9 Å². The second-order valence-electron chi connectivity index (χ2n) is 4.75. The first-order valence-corrected chi connectivity index (χ1v) is 8.18. The number of nitrogens with one attached hydrogen (secondary N) is 1. The van der Waals surface area contributed by atoms with Crippen LogP contribution >= 0.6 is 12.2 Å². The minimum Gasteiger partial charge on any atom is -0.493 e. The highest BCUT2D eigenvalue weighted by Gasteiger charge is 2.28. The zero-order chi connectivity index (χ0) is 13.2. The van der Waals surface area contributed by atoms with Crippen LogP contribution in [0, 0.1) is 4.77 Å². The number of rotatable bonds is 2. The predicted molar refractivity (Wildman–Crippen MR) is 71.7 cm³/mol. The first kappa shape index (κ1) is 13.6. The van der Waals surface area contributed by atoms with E-state index in [1.54, 1.807) is 0 Å². The molecule has 0 aromatic carbocycles. The molecule has 2 N–H and O–H groups in total. The van der Waals surface area contributed by atoms with Crippen LogP contribution in [0.4, 0.5) is 0 Å². The van der Waals surface area contributed by atoms with Gasteiger partial charge < -0.3 is 10.1 Å². The molecule has 1 aromatic heterocycles. The van der Waals surface area contributed by atoms with E-state index in [4.69, 9.17) is 12.2 Å². The third kappa shape index (κ3) is 2.77. The Kier molecular flexibility index (Phi) is 4.11. The molecule has 0 unspecified atom stereocenters. The SMILES string of the molecule is O=S(=O)(C1CCCCCCC1)n1cc(O)[nH]c1=S. The van der Waals surface area contributed by atoms with Gasteiger partial charge >= 0.3 is 0 Å². The maximum atomic E-state index is 12.5. The van der Waals surface area contributed by atoms with Crippen LogP contribution < -0.4 is 0 Å². The first-order chi connectivity index (χ1) is 8.51. The topological polar surface area (TPSA) is 75.1 Å². The zero-order valence-corrected chi connectivity index (χ0v) is 11.8. The van der Waals surface area contributed by atoms with Crippen LogP contribution in [0.2, 0.25) is 0 Å². The highest BCUT2D eigenvalue weighted by Crippen LogP contribution is 2.24. The molecule has 0 amide bonds. The molecule has 1 aliphatic carbocycles. The van der Waals surface area contributed by atoms with Crippen LogP contribution in [0.5, 0.6) is 5.88 Å². The van der Waals surface area contributed by atoms with Gasteiger partial charge in [0.15, 0.2) is 4.77 Å². The number of aromatic nitrogens is 2. The number of H-pyrrole nitrogens is 1. The van der Waals surface area contributed by atoms with Crippen molar-refractivity contribution >= 4 is 22.2 Å². The van der Waals surface area contributed by atoms with Gasteiger partial charge in [0.05, 0.1) is 11.4 Å². The van der Waals surface area contributed by atoms with Crippen LogP contribution in [0.15, 0.2) is 6.20 Å². The quantitative estimate of drug-likeness (QED) is 0.821. The summed E-state index contributed by atoms with van der Waals surface area (Å²) in [4.78, 5) is 2.43. The Morgan fingerprint density at radius 1 is 1.22 bits per heavy atom. The van der Waals surface area contributed by atoms with Gasteiger partial charge in [0.1, 0.15) is 0 Å². The molecule has 0 atom stereocenters. The smallest absolute Gasteiger partial charge is 0.243 e. The number of aromatic hydroxyl groups is 1. The van der Waals surface area contributed by atoms with Gasteiger partial charge in [0.25, 0.3) is 0 Å². The van der Waals surface area contributed by atoms with E-state index in [-0.39, 0.29) is 15.9 Å². The lowest BCUT2D eigenvalue weighted by Gasteiger charge is -2.20. The van der Waals surface area contributed by atoms with Crippen LogP contribution in [-0.2, 0) is 10.0 Å². The highest BCUT2D eigenvalue weighted by molar-refractivity contribution is 7.90. The molecule has 0 radical (unpaired) electrons. The summed E-state index contributed by atoms with van der Waals surface area (Å²) in [6, 6.07) is 0. The van der Waals surface area contributed by atoms with E-state index < -0.39 is 10.0 Å². The Labute approximate surface area is 112 Å². The Bertz CT molecular complexity index is 551. The van der Waals surface area contributed by atoms with Gasteiger partial charge in [0.2, 0.25) is 15.9 Å². The van der Waals surface area contributed by atoms with Crippen molar-refractivity contribution in [2.24, 2.45) is 0 Å². The van der Waals surface area contributed by atoms with Gasteiger partial charge in [-0.05, 0) is 25.1 Å². The van der Waals surface area contributed by atoms with E-state index in [0.29, 0.717) is 12.8 Å². The van der Waals surface area contributed by atoms with Gasteiger partial charge in [-0.25, -0.2) is 12.4 Å². The van der Waals surface area contributed by atoms with Crippen LogP contribution in [-0.4, -0.2) is 27.7 Å². The Balaban J connectivity index is 2.29. The molecule has 1 fully saturated rings. The average Bonchev–Trinajstić information content (AvgIpc) is 2.57. The number of imidazole rings is 1. The fraction of sp³-hybridized carbons (Fsp3) is 0.727. The lowest BCUT2D eigenvalue weighted by Crippen LogP contribution is -2.28. The molecule has 1 heterocycles. The fourth-order valence-corrected chi connectivity index (χ4v) is 4.68. The summed E-state index contributed by atoms with van der Waals surface area (Å²) >= 11 is 4.92. The summed E-state index contributed by atoms with van der Waals surface area (Å²) in [6.45, 7) is 0. The molecule has 7 heteroatoms. The maximum Gasteiger partial charge on any atom is 0.243 e. The normalized spacial score (nSPS) is 19.3. The van der Waals surface area contributed by atoms with Crippen molar-refractivity contribution in [3.05, 3.63) is 11.0 Å². The summed E-state index contributed by atoms with van der Waals surface area (Å²) in [7, 11) is -3.49. The molecule has 1 aliphatic rings. The second-order valence-corrected chi connectivity index (χ2v) is 7.23. The van der Waals surface area contributed by atoms with Gasteiger partial charge in [-0.2, -0.15) is 0 Å². The largest absolute Gasteiger partial charge is 0.493 e. The Morgan fingerprint density at radius 2 is 1.78 bits per heavy atom. The molecule has 1 aromatic rings. The average molecular weight is 290 g/mol. The molecule has 0 bridgehead atoms. The maximum absolute atomic E-state index is 12.5. The second kappa shape index (κ2) is 5.44. The minimum atomic E-state index is -3.49. The minimum absolute atomic E-state index is 0.0366. The van der Waals surface area contributed by atoms with E-state index in [1.807, 2.05) is 0 Å².